The smallest absolute Gasteiger partial charge is 0.228 e. The molecule has 2 rings (SSSR count). The summed E-state index contributed by atoms with van der Waals surface area (Å²) in [7, 11) is 0. The van der Waals surface area contributed by atoms with E-state index in [4.69, 9.17) is 10.2 Å². The van der Waals surface area contributed by atoms with Gasteiger partial charge in [-0.1, -0.05) is 6.42 Å². The molecule has 0 unspecified atom stereocenters. The summed E-state index contributed by atoms with van der Waals surface area (Å²) in [6, 6.07) is 3.59. The van der Waals surface area contributed by atoms with Crippen LogP contribution in [0.15, 0.2) is 22.8 Å². The van der Waals surface area contributed by atoms with Crippen LogP contribution in [-0.4, -0.2) is 12.5 Å². The minimum atomic E-state index is -0.319. The number of rotatable bonds is 4. The maximum absolute atomic E-state index is 12.1. The molecule has 0 radical (unpaired) electrons. The van der Waals surface area contributed by atoms with Crippen LogP contribution in [0.3, 0.4) is 0 Å². The maximum atomic E-state index is 12.1. The fraction of sp³-hybridized carbons (Fsp3) is 0.583. The van der Waals surface area contributed by atoms with Crippen molar-refractivity contribution < 1.29 is 9.21 Å². The average molecular weight is 222 g/mol. The number of carbonyl (C=O) groups excluding carboxylic acids is 1. The van der Waals surface area contributed by atoms with E-state index in [0.29, 0.717) is 6.54 Å². The summed E-state index contributed by atoms with van der Waals surface area (Å²) >= 11 is 0. The summed E-state index contributed by atoms with van der Waals surface area (Å²) < 4.78 is 5.25. The lowest BCUT2D eigenvalue weighted by molar-refractivity contribution is -0.136. The predicted molar refractivity (Wildman–Crippen MR) is 60.6 cm³/mol. The average Bonchev–Trinajstić information content (AvgIpc) is 2.69. The van der Waals surface area contributed by atoms with Crippen LogP contribution in [0.4, 0.5) is 0 Å². The molecular formula is C12H18N2O2. The van der Waals surface area contributed by atoms with Crippen molar-refractivity contribution in [3.05, 3.63) is 24.2 Å². The van der Waals surface area contributed by atoms with Crippen molar-refractivity contribution in [1.29, 1.82) is 0 Å². The molecule has 1 aromatic rings. The maximum Gasteiger partial charge on any atom is 0.228 e. The van der Waals surface area contributed by atoms with Gasteiger partial charge in [-0.2, -0.15) is 0 Å². The van der Waals surface area contributed by atoms with Crippen molar-refractivity contribution in [1.82, 2.24) is 5.32 Å². The highest BCUT2D eigenvalue weighted by Crippen LogP contribution is 2.40. The Balaban J connectivity index is 1.97. The van der Waals surface area contributed by atoms with Crippen molar-refractivity contribution >= 4 is 5.91 Å². The second-order valence-corrected chi connectivity index (χ2v) is 4.55. The van der Waals surface area contributed by atoms with E-state index in [2.05, 4.69) is 5.32 Å². The van der Waals surface area contributed by atoms with Gasteiger partial charge in [-0.15, -0.1) is 0 Å². The lowest BCUT2D eigenvalue weighted by Gasteiger charge is -2.39. The van der Waals surface area contributed by atoms with E-state index in [1.165, 1.54) is 0 Å². The normalized spacial score (nSPS) is 19.9. The summed E-state index contributed by atoms with van der Waals surface area (Å²) in [6.07, 6.45) is 4.51. The topological polar surface area (TPSA) is 68.3 Å². The van der Waals surface area contributed by atoms with E-state index < -0.39 is 0 Å². The monoisotopic (exact) mass is 222 g/mol. The molecule has 1 saturated carbocycles. The van der Waals surface area contributed by atoms with Crippen LogP contribution < -0.4 is 11.1 Å². The third-order valence-corrected chi connectivity index (χ3v) is 3.50. The van der Waals surface area contributed by atoms with Crippen LogP contribution in [0.5, 0.6) is 0 Å². The third kappa shape index (κ3) is 1.85. The molecule has 1 atom stereocenters. The van der Waals surface area contributed by atoms with Gasteiger partial charge in [-0.25, -0.2) is 0 Å². The van der Waals surface area contributed by atoms with Gasteiger partial charge < -0.3 is 15.5 Å². The van der Waals surface area contributed by atoms with Gasteiger partial charge >= 0.3 is 0 Å². The molecule has 16 heavy (non-hydrogen) atoms. The highest BCUT2D eigenvalue weighted by atomic mass is 16.3. The molecule has 0 saturated heterocycles. The Morgan fingerprint density at radius 2 is 2.44 bits per heavy atom. The van der Waals surface area contributed by atoms with E-state index in [0.717, 1.165) is 25.0 Å². The van der Waals surface area contributed by atoms with Gasteiger partial charge in [0.25, 0.3) is 0 Å². The van der Waals surface area contributed by atoms with Crippen molar-refractivity contribution in [3.63, 3.8) is 0 Å². The number of nitrogens with one attached hydrogen (secondary N) is 1. The molecule has 1 amide bonds. The standard InChI is InChI=1S/C12H18N2O2/c1-9(10-4-2-7-16-10)14-11(15)12(8-13)5-3-6-12/h2,4,7,9H,3,5-6,8,13H2,1H3,(H,14,15)/t9-/m1/s1. The first-order valence-electron chi connectivity index (χ1n) is 5.72. The SMILES string of the molecule is C[C@@H](NC(=O)C1(CN)CCC1)c1ccco1. The summed E-state index contributed by atoms with van der Waals surface area (Å²) in [4.78, 5) is 12.1. The zero-order valence-electron chi connectivity index (χ0n) is 9.53. The van der Waals surface area contributed by atoms with Crippen LogP contribution >= 0.6 is 0 Å². The number of nitrogens with two attached hydrogens (primary N) is 1. The van der Waals surface area contributed by atoms with E-state index in [9.17, 15) is 4.79 Å². The van der Waals surface area contributed by atoms with Gasteiger partial charge in [0.15, 0.2) is 0 Å². The number of carbonyl (C=O) groups is 1. The Morgan fingerprint density at radius 3 is 2.88 bits per heavy atom. The molecule has 4 heteroatoms. The van der Waals surface area contributed by atoms with Gasteiger partial charge in [0.1, 0.15) is 5.76 Å². The van der Waals surface area contributed by atoms with Gasteiger partial charge in [-0.05, 0) is 31.9 Å². The van der Waals surface area contributed by atoms with Gasteiger partial charge in [0.2, 0.25) is 5.91 Å². The van der Waals surface area contributed by atoms with Crippen LogP contribution in [0, 0.1) is 5.41 Å². The molecule has 0 aromatic carbocycles. The summed E-state index contributed by atoms with van der Waals surface area (Å²) in [5.74, 6) is 0.838. The quantitative estimate of drug-likeness (QED) is 0.812. The van der Waals surface area contributed by atoms with Gasteiger partial charge in [0, 0.05) is 6.54 Å². The molecule has 0 aliphatic heterocycles. The molecule has 0 bridgehead atoms. The van der Waals surface area contributed by atoms with Crippen molar-refractivity contribution in [3.8, 4) is 0 Å². The zero-order valence-corrected chi connectivity index (χ0v) is 9.53. The molecule has 1 aliphatic carbocycles. The second-order valence-electron chi connectivity index (χ2n) is 4.55. The Labute approximate surface area is 95.2 Å². The highest BCUT2D eigenvalue weighted by Gasteiger charge is 2.43. The van der Waals surface area contributed by atoms with Crippen molar-refractivity contribution in [2.75, 3.05) is 6.54 Å². The third-order valence-electron chi connectivity index (χ3n) is 3.50. The fourth-order valence-electron chi connectivity index (χ4n) is 2.09. The van der Waals surface area contributed by atoms with Gasteiger partial charge in [0.05, 0.1) is 17.7 Å². The summed E-state index contributed by atoms with van der Waals surface area (Å²) in [5, 5.41) is 2.96. The molecule has 0 spiro atoms. The first-order valence-corrected chi connectivity index (χ1v) is 5.72. The molecule has 1 aliphatic rings. The molecular weight excluding hydrogens is 204 g/mol. The fourth-order valence-corrected chi connectivity index (χ4v) is 2.09. The first-order chi connectivity index (χ1) is 7.68. The Hall–Kier alpha value is -1.29. The minimum absolute atomic E-state index is 0.0603. The van der Waals surface area contributed by atoms with E-state index in [1.807, 2.05) is 19.1 Å². The van der Waals surface area contributed by atoms with Crippen LogP contribution in [-0.2, 0) is 4.79 Å². The van der Waals surface area contributed by atoms with Crippen molar-refractivity contribution in [2.45, 2.75) is 32.2 Å². The molecule has 4 nitrogen and oxygen atoms in total. The summed E-state index contributed by atoms with van der Waals surface area (Å²) in [5.41, 5.74) is 5.36. The highest BCUT2D eigenvalue weighted by molar-refractivity contribution is 5.84. The van der Waals surface area contributed by atoms with Crippen molar-refractivity contribution in [2.24, 2.45) is 11.1 Å². The molecule has 3 N–H and O–H groups in total. The summed E-state index contributed by atoms with van der Waals surface area (Å²) in [6.45, 7) is 2.35. The van der Waals surface area contributed by atoms with E-state index in [-0.39, 0.29) is 17.4 Å². The first kappa shape index (κ1) is 11.2. The van der Waals surface area contributed by atoms with E-state index >= 15 is 0 Å². The lowest BCUT2D eigenvalue weighted by Crippen LogP contribution is -2.50. The molecule has 1 fully saturated rings. The van der Waals surface area contributed by atoms with Crippen LogP contribution in [0.25, 0.3) is 0 Å². The van der Waals surface area contributed by atoms with E-state index in [1.54, 1.807) is 6.26 Å². The Morgan fingerprint density at radius 1 is 1.69 bits per heavy atom. The Kier molecular flexibility index (Phi) is 3.01. The van der Waals surface area contributed by atoms with Gasteiger partial charge in [-0.3, -0.25) is 4.79 Å². The number of amides is 1. The molecule has 1 aromatic heterocycles. The largest absolute Gasteiger partial charge is 0.467 e. The number of hydrogen-bond donors (Lipinski definition) is 2. The van der Waals surface area contributed by atoms with Crippen LogP contribution in [0.1, 0.15) is 38.0 Å². The zero-order chi connectivity index (χ0) is 11.6. The lowest BCUT2D eigenvalue weighted by atomic mass is 9.68. The number of hydrogen-bond acceptors (Lipinski definition) is 3. The van der Waals surface area contributed by atoms with Crippen LogP contribution in [0.2, 0.25) is 0 Å². The molecule has 1 heterocycles. The number of furan rings is 1. The predicted octanol–water partition coefficient (Wildman–Crippen LogP) is 1.59. The second kappa shape index (κ2) is 4.29. The minimum Gasteiger partial charge on any atom is -0.467 e. The molecule has 88 valence electrons. The Bertz CT molecular complexity index is 350.